The minimum atomic E-state index is -2.51. The van der Waals surface area contributed by atoms with Crippen LogP contribution >= 0.6 is 0 Å². The van der Waals surface area contributed by atoms with E-state index in [1.807, 2.05) is 32.9 Å². The van der Waals surface area contributed by atoms with Crippen LogP contribution in [0.15, 0.2) is 36.0 Å². The molecule has 14 heteroatoms. The fourth-order valence-electron chi connectivity index (χ4n) is 9.69. The predicted octanol–water partition coefficient (Wildman–Crippen LogP) is 5.60. The highest BCUT2D eigenvalue weighted by Crippen LogP contribution is 2.39. The lowest BCUT2D eigenvalue weighted by Gasteiger charge is -2.47. The molecular formula is C47H73NO13. The van der Waals surface area contributed by atoms with Crippen molar-refractivity contribution in [1.82, 2.24) is 4.90 Å². The molecule has 4 rings (SSSR count). The zero-order valence-electron chi connectivity index (χ0n) is 37.8. The number of allylic oxidation sites excluding steroid dienone is 4. The molecule has 61 heavy (non-hydrogen) atoms. The Bertz CT molecular complexity index is 1590. The molecule has 3 aliphatic heterocycles. The van der Waals surface area contributed by atoms with E-state index in [0.717, 1.165) is 18.4 Å². The third-order valence-electron chi connectivity index (χ3n) is 13.2. The number of esters is 2. The molecule has 2 bridgehead atoms. The SMILES string of the molecule is C=CC[C@@H]1/C=C(\C)C[C@H](C)C[C@H](OC)[C@H]2O[C@@](O)(C(=O)C(=O)N3CCCC[C@H]3C(=O)O[C@H](/C(C)=C/[C@H]3CC[C@H](OCC(=O)OCC)CC3)[C@H](C)[C@@H](O)CC1=O)[C@H](C)C[C@@H]2OC. The number of hydrogen-bond donors (Lipinski definition) is 2. The highest BCUT2D eigenvalue weighted by Gasteiger charge is 2.56. The Morgan fingerprint density at radius 3 is 2.31 bits per heavy atom. The van der Waals surface area contributed by atoms with E-state index >= 15 is 0 Å². The van der Waals surface area contributed by atoms with Gasteiger partial charge in [0.2, 0.25) is 5.79 Å². The monoisotopic (exact) mass is 860 g/mol. The van der Waals surface area contributed by atoms with Crippen LogP contribution in [0.25, 0.3) is 0 Å². The molecule has 0 aromatic heterocycles. The number of nitrogens with zero attached hydrogens (tertiary/aromatic N) is 1. The van der Waals surface area contributed by atoms with Gasteiger partial charge < -0.3 is 43.5 Å². The summed E-state index contributed by atoms with van der Waals surface area (Å²) in [5.41, 5.74) is 1.64. The van der Waals surface area contributed by atoms with Gasteiger partial charge in [-0.2, -0.15) is 0 Å². The number of piperidine rings is 1. The molecule has 0 aromatic carbocycles. The molecule has 3 fully saturated rings. The van der Waals surface area contributed by atoms with E-state index in [1.54, 1.807) is 26.8 Å². The number of carbonyl (C=O) groups excluding carboxylic acids is 5. The van der Waals surface area contributed by atoms with Crippen molar-refractivity contribution in [1.29, 1.82) is 0 Å². The van der Waals surface area contributed by atoms with Gasteiger partial charge in [0.25, 0.3) is 11.7 Å². The van der Waals surface area contributed by atoms with E-state index in [1.165, 1.54) is 19.1 Å². The van der Waals surface area contributed by atoms with Crippen LogP contribution in [0.2, 0.25) is 0 Å². The minimum absolute atomic E-state index is 0.00579. The minimum Gasteiger partial charge on any atom is -0.464 e. The number of methoxy groups -OCH3 is 2. The molecule has 0 spiro atoms. The smallest absolute Gasteiger partial charge is 0.332 e. The number of ether oxygens (including phenoxy) is 6. The lowest BCUT2D eigenvalue weighted by Crippen LogP contribution is -2.64. The molecule has 2 N–H and O–H groups in total. The predicted molar refractivity (Wildman–Crippen MR) is 227 cm³/mol. The van der Waals surface area contributed by atoms with Crippen LogP contribution < -0.4 is 0 Å². The second kappa shape index (κ2) is 23.4. The van der Waals surface area contributed by atoms with Crippen molar-refractivity contribution >= 4 is 29.4 Å². The second-order valence-electron chi connectivity index (χ2n) is 18.0. The van der Waals surface area contributed by atoms with E-state index in [9.17, 15) is 34.2 Å². The highest BCUT2D eigenvalue weighted by molar-refractivity contribution is 6.39. The van der Waals surface area contributed by atoms with Gasteiger partial charge in [-0.1, -0.05) is 44.6 Å². The van der Waals surface area contributed by atoms with E-state index in [4.69, 9.17) is 28.4 Å². The number of aliphatic hydroxyl groups is 2. The maximum absolute atomic E-state index is 14.4. The number of ketones is 2. The summed E-state index contributed by atoms with van der Waals surface area (Å²) in [4.78, 5) is 69.9. The molecule has 2 saturated heterocycles. The number of hydrogen-bond acceptors (Lipinski definition) is 13. The Hall–Kier alpha value is -3.27. The zero-order chi connectivity index (χ0) is 45.0. The summed E-state index contributed by atoms with van der Waals surface area (Å²) in [6, 6.07) is -1.14. The topological polar surface area (TPSA) is 184 Å². The van der Waals surface area contributed by atoms with Gasteiger partial charge >= 0.3 is 11.9 Å². The average molecular weight is 860 g/mol. The first-order chi connectivity index (χ1) is 29.0. The van der Waals surface area contributed by atoms with Gasteiger partial charge in [-0.3, -0.25) is 14.4 Å². The van der Waals surface area contributed by atoms with E-state index in [0.29, 0.717) is 50.5 Å². The molecule has 0 radical (unpaired) electrons. The quantitative estimate of drug-likeness (QED) is 0.157. The van der Waals surface area contributed by atoms with Gasteiger partial charge in [0, 0.05) is 44.9 Å². The molecule has 11 atom stereocenters. The number of cyclic esters (lactones) is 1. The van der Waals surface area contributed by atoms with Crippen molar-refractivity contribution < 1.29 is 62.6 Å². The van der Waals surface area contributed by atoms with Crippen molar-refractivity contribution in [3.05, 3.63) is 36.0 Å². The number of amides is 1. The standard InChI is InChI=1S/C47H73NO13/c1-10-14-34-22-28(3)21-29(4)23-39(56-8)43-40(57-9)25-31(6)47(55,61-43)44(52)45(53)48-20-13-12-15-36(48)46(54)60-42(32(7)37(49)26-38(34)50)30(5)24-33-16-18-35(19-17-33)59-27-41(51)58-11-2/h10,22,24,29,31-37,39-40,42-43,49,55H,1,11-21,23,25-27H2,2-9H3/b28-22+,30-24+/t29-,31+,32+,33-,34+,35-,36-,37-,39-,40-,42+,43+,47+/m0/s1. The third-order valence-corrected chi connectivity index (χ3v) is 13.2. The fourth-order valence-corrected chi connectivity index (χ4v) is 9.69. The van der Waals surface area contributed by atoms with Crippen molar-refractivity contribution in [3.8, 4) is 0 Å². The Labute approximate surface area is 362 Å². The van der Waals surface area contributed by atoms with Crippen LogP contribution in [-0.4, -0.2) is 127 Å². The van der Waals surface area contributed by atoms with Gasteiger partial charge in [0.15, 0.2) is 0 Å². The summed E-state index contributed by atoms with van der Waals surface area (Å²) in [7, 11) is 3.05. The number of fused-ring (bicyclic) bond motifs is 3. The van der Waals surface area contributed by atoms with E-state index in [2.05, 4.69) is 6.58 Å². The Balaban J connectivity index is 1.71. The highest BCUT2D eigenvalue weighted by atomic mass is 16.7. The van der Waals surface area contributed by atoms with Crippen molar-refractivity contribution in [2.75, 3.05) is 34.0 Å². The second-order valence-corrected chi connectivity index (χ2v) is 18.0. The molecule has 4 aliphatic rings. The summed E-state index contributed by atoms with van der Waals surface area (Å²) in [6.07, 6.45) is 7.01. The maximum atomic E-state index is 14.4. The Kier molecular flexibility index (Phi) is 19.3. The first-order valence-electron chi connectivity index (χ1n) is 22.4. The van der Waals surface area contributed by atoms with Crippen LogP contribution in [0, 0.1) is 29.6 Å². The molecule has 0 aromatic rings. The van der Waals surface area contributed by atoms with Crippen molar-refractivity contribution in [3.63, 3.8) is 0 Å². The van der Waals surface area contributed by atoms with Crippen LogP contribution in [0.3, 0.4) is 0 Å². The summed E-state index contributed by atoms with van der Waals surface area (Å²) < 4.78 is 35.1. The lowest BCUT2D eigenvalue weighted by atomic mass is 9.82. The van der Waals surface area contributed by atoms with E-state index < -0.39 is 83.7 Å². The van der Waals surface area contributed by atoms with Gasteiger partial charge in [-0.05, 0) is 109 Å². The molecule has 344 valence electrons. The molecular weight excluding hydrogens is 787 g/mol. The third kappa shape index (κ3) is 13.1. The first kappa shape index (κ1) is 50.4. The molecule has 1 amide bonds. The normalized spacial score (nSPS) is 37.7. The lowest BCUT2D eigenvalue weighted by molar-refractivity contribution is -0.302. The van der Waals surface area contributed by atoms with Crippen LogP contribution in [0.5, 0.6) is 0 Å². The van der Waals surface area contributed by atoms with Crippen LogP contribution in [0.1, 0.15) is 119 Å². The largest absolute Gasteiger partial charge is 0.464 e. The van der Waals surface area contributed by atoms with Crippen molar-refractivity contribution in [2.24, 2.45) is 29.6 Å². The molecule has 14 nitrogen and oxygen atoms in total. The van der Waals surface area contributed by atoms with Gasteiger partial charge in [0.05, 0.1) is 31.0 Å². The number of carbonyl (C=O) groups is 5. The summed E-state index contributed by atoms with van der Waals surface area (Å²) in [5, 5.41) is 23.8. The summed E-state index contributed by atoms with van der Waals surface area (Å²) >= 11 is 0. The van der Waals surface area contributed by atoms with E-state index in [-0.39, 0.29) is 62.7 Å². The fraction of sp³-hybridized carbons (Fsp3) is 0.766. The number of rotatable bonds is 10. The molecule has 1 aliphatic carbocycles. The molecule has 0 unspecified atom stereocenters. The zero-order valence-corrected chi connectivity index (χ0v) is 37.8. The maximum Gasteiger partial charge on any atom is 0.332 e. The molecule has 3 heterocycles. The number of aliphatic hydroxyl groups excluding tert-OH is 1. The van der Waals surface area contributed by atoms with Gasteiger partial charge in [-0.15, -0.1) is 6.58 Å². The van der Waals surface area contributed by atoms with Crippen molar-refractivity contribution in [2.45, 2.75) is 167 Å². The first-order valence-corrected chi connectivity index (χ1v) is 22.4. The Morgan fingerprint density at radius 2 is 1.67 bits per heavy atom. The van der Waals surface area contributed by atoms with Crippen LogP contribution in [0.4, 0.5) is 0 Å². The van der Waals surface area contributed by atoms with Gasteiger partial charge in [-0.25, -0.2) is 9.59 Å². The summed E-state index contributed by atoms with van der Waals surface area (Å²) in [5.74, 6) is -8.06. The van der Waals surface area contributed by atoms with Crippen LogP contribution in [-0.2, 0) is 52.4 Å². The summed E-state index contributed by atoms with van der Waals surface area (Å²) in [6.45, 7) is 15.1. The van der Waals surface area contributed by atoms with Gasteiger partial charge in [0.1, 0.15) is 30.6 Å². The molecule has 1 saturated carbocycles. The number of Topliss-reactive ketones (excluding diaryl/α,β-unsaturated/α-hetero) is 2. The Morgan fingerprint density at radius 1 is 1.00 bits per heavy atom. The average Bonchev–Trinajstić information content (AvgIpc) is 3.23.